The van der Waals surface area contributed by atoms with Crippen molar-refractivity contribution in [2.24, 2.45) is 0 Å². The van der Waals surface area contributed by atoms with Crippen LogP contribution >= 0.6 is 23.3 Å². The lowest BCUT2D eigenvalue weighted by atomic mass is 10.2. The first-order valence-electron chi connectivity index (χ1n) is 7.20. The first kappa shape index (κ1) is 16.4. The number of amides is 1. The normalized spacial score (nSPS) is 10.4. The molecular weight excluding hydrogens is 346 g/mol. The maximum atomic E-state index is 12.2. The molecule has 24 heavy (non-hydrogen) atoms. The number of carbonyl (C=O) groups excluding carboxylic acids is 1. The van der Waals surface area contributed by atoms with Gasteiger partial charge in [0.15, 0.2) is 0 Å². The number of carbonyl (C=O) groups is 1. The number of ether oxygens (including phenoxy) is 1. The molecule has 0 unspecified atom stereocenters. The van der Waals surface area contributed by atoms with E-state index in [0.29, 0.717) is 28.6 Å². The zero-order valence-corrected chi connectivity index (χ0v) is 14.4. The lowest BCUT2D eigenvalue weighted by molar-refractivity contribution is 0.102. The molecule has 0 saturated carbocycles. The zero-order chi connectivity index (χ0) is 16.9. The second kappa shape index (κ2) is 7.42. The second-order valence-electron chi connectivity index (χ2n) is 5.04. The van der Waals surface area contributed by atoms with Gasteiger partial charge in [-0.2, -0.15) is 8.75 Å². The number of anilines is 1. The van der Waals surface area contributed by atoms with Crippen LogP contribution in [-0.2, 0) is 6.61 Å². The quantitative estimate of drug-likeness (QED) is 0.736. The van der Waals surface area contributed by atoms with Gasteiger partial charge >= 0.3 is 0 Å². The number of aryl methyl sites for hydroxylation is 1. The third-order valence-electron chi connectivity index (χ3n) is 3.36. The molecule has 1 heterocycles. The molecule has 1 aromatic heterocycles. The van der Waals surface area contributed by atoms with Crippen molar-refractivity contribution < 1.29 is 9.53 Å². The Balaban J connectivity index is 1.62. The van der Waals surface area contributed by atoms with Gasteiger partial charge in [0.1, 0.15) is 18.1 Å². The fraction of sp³-hybridized carbons (Fsp3) is 0.118. The summed E-state index contributed by atoms with van der Waals surface area (Å²) in [6.45, 7) is 2.25. The molecule has 0 atom stereocenters. The molecule has 0 bridgehead atoms. The number of halogens is 1. The summed E-state index contributed by atoms with van der Waals surface area (Å²) in [7, 11) is 0. The Morgan fingerprint density at radius 2 is 1.92 bits per heavy atom. The Labute approximate surface area is 148 Å². The minimum absolute atomic E-state index is 0.228. The first-order chi connectivity index (χ1) is 11.6. The van der Waals surface area contributed by atoms with Gasteiger partial charge in [0, 0.05) is 5.56 Å². The van der Waals surface area contributed by atoms with Crippen LogP contribution in [-0.4, -0.2) is 14.7 Å². The number of nitrogens with one attached hydrogen (secondary N) is 1. The summed E-state index contributed by atoms with van der Waals surface area (Å²) in [6.07, 6.45) is 0. The van der Waals surface area contributed by atoms with Crippen LogP contribution in [0.5, 0.6) is 5.75 Å². The molecule has 2 aromatic carbocycles. The Morgan fingerprint density at radius 1 is 1.17 bits per heavy atom. The van der Waals surface area contributed by atoms with Crippen LogP contribution in [0.1, 0.15) is 21.7 Å². The van der Waals surface area contributed by atoms with Crippen molar-refractivity contribution in [3.05, 3.63) is 70.5 Å². The summed E-state index contributed by atoms with van der Waals surface area (Å²) in [5.41, 5.74) is 2.79. The Kier molecular flexibility index (Phi) is 5.08. The van der Waals surface area contributed by atoms with Crippen LogP contribution in [0.15, 0.2) is 48.5 Å². The number of nitrogens with zero attached hydrogens (tertiary/aromatic N) is 2. The third kappa shape index (κ3) is 3.90. The van der Waals surface area contributed by atoms with E-state index in [-0.39, 0.29) is 5.91 Å². The van der Waals surface area contributed by atoms with Crippen molar-refractivity contribution in [3.63, 3.8) is 0 Å². The predicted octanol–water partition coefficient (Wildman–Crippen LogP) is 4.33. The highest BCUT2D eigenvalue weighted by Gasteiger charge is 2.09. The smallest absolute Gasteiger partial charge is 0.255 e. The lowest BCUT2D eigenvalue weighted by Gasteiger charge is -2.08. The van der Waals surface area contributed by atoms with Gasteiger partial charge in [-0.25, -0.2) is 0 Å². The van der Waals surface area contributed by atoms with Crippen molar-refractivity contribution in [1.29, 1.82) is 0 Å². The molecule has 1 amide bonds. The topological polar surface area (TPSA) is 64.1 Å². The number of benzene rings is 2. The Hall–Kier alpha value is -2.44. The van der Waals surface area contributed by atoms with E-state index in [2.05, 4.69) is 14.1 Å². The molecule has 1 N–H and O–H groups in total. The summed E-state index contributed by atoms with van der Waals surface area (Å²) >= 11 is 7.20. The molecule has 0 spiro atoms. The van der Waals surface area contributed by atoms with Gasteiger partial charge in [-0.15, -0.1) is 0 Å². The highest BCUT2D eigenvalue weighted by molar-refractivity contribution is 6.99. The second-order valence-corrected chi connectivity index (χ2v) is 5.98. The molecular formula is C17H14ClN3O2S. The van der Waals surface area contributed by atoms with Crippen molar-refractivity contribution in [2.45, 2.75) is 13.5 Å². The maximum Gasteiger partial charge on any atom is 0.255 e. The van der Waals surface area contributed by atoms with Gasteiger partial charge in [0.2, 0.25) is 0 Å². The summed E-state index contributed by atoms with van der Waals surface area (Å²) in [5.74, 6) is 0.436. The number of hydrogen-bond donors (Lipinski definition) is 1. The number of aromatic nitrogens is 2. The standard InChI is InChI=1S/C17H14ClN3O2S/c1-11-16(21-24-20-11)10-23-13-8-6-12(7-9-13)17(22)19-15-5-3-2-4-14(15)18/h2-9H,10H2,1H3,(H,19,22). The SMILES string of the molecule is Cc1nsnc1COc1ccc(C(=O)Nc2ccccc2Cl)cc1. The highest BCUT2D eigenvalue weighted by atomic mass is 35.5. The molecule has 122 valence electrons. The summed E-state index contributed by atoms with van der Waals surface area (Å²) < 4.78 is 13.9. The molecule has 3 rings (SSSR count). The molecule has 0 aliphatic carbocycles. The molecule has 0 aliphatic heterocycles. The third-order valence-corrected chi connectivity index (χ3v) is 4.35. The van der Waals surface area contributed by atoms with E-state index >= 15 is 0 Å². The Morgan fingerprint density at radius 3 is 2.58 bits per heavy atom. The van der Waals surface area contributed by atoms with Crippen LogP contribution in [0.2, 0.25) is 5.02 Å². The number of rotatable bonds is 5. The van der Waals surface area contributed by atoms with Crippen LogP contribution in [0.3, 0.4) is 0 Å². The summed E-state index contributed by atoms with van der Waals surface area (Å²) in [6, 6.07) is 14.0. The molecule has 5 nitrogen and oxygen atoms in total. The molecule has 7 heteroatoms. The fourth-order valence-electron chi connectivity index (χ4n) is 1.99. The van der Waals surface area contributed by atoms with E-state index in [9.17, 15) is 4.79 Å². The predicted molar refractivity (Wildman–Crippen MR) is 94.8 cm³/mol. The van der Waals surface area contributed by atoms with E-state index in [1.54, 1.807) is 36.4 Å². The summed E-state index contributed by atoms with van der Waals surface area (Å²) in [5, 5.41) is 3.28. The number of para-hydroxylation sites is 1. The van der Waals surface area contributed by atoms with E-state index < -0.39 is 0 Å². The monoisotopic (exact) mass is 359 g/mol. The maximum absolute atomic E-state index is 12.2. The van der Waals surface area contributed by atoms with Gasteiger partial charge in [-0.3, -0.25) is 4.79 Å². The van der Waals surface area contributed by atoms with Crippen LogP contribution in [0.25, 0.3) is 0 Å². The minimum Gasteiger partial charge on any atom is -0.487 e. The van der Waals surface area contributed by atoms with E-state index in [1.807, 2.05) is 19.1 Å². The average molecular weight is 360 g/mol. The van der Waals surface area contributed by atoms with Gasteiger partial charge < -0.3 is 10.1 Å². The van der Waals surface area contributed by atoms with E-state index in [1.165, 1.54) is 11.7 Å². The van der Waals surface area contributed by atoms with E-state index in [4.69, 9.17) is 16.3 Å². The van der Waals surface area contributed by atoms with Gasteiger partial charge in [0.25, 0.3) is 5.91 Å². The molecule has 0 saturated heterocycles. The lowest BCUT2D eigenvalue weighted by Crippen LogP contribution is -2.12. The van der Waals surface area contributed by atoms with Crippen molar-refractivity contribution in [3.8, 4) is 5.75 Å². The van der Waals surface area contributed by atoms with Gasteiger partial charge in [-0.1, -0.05) is 23.7 Å². The van der Waals surface area contributed by atoms with Crippen molar-refractivity contribution in [1.82, 2.24) is 8.75 Å². The Bertz CT molecular complexity index is 849. The van der Waals surface area contributed by atoms with Crippen LogP contribution in [0, 0.1) is 6.92 Å². The largest absolute Gasteiger partial charge is 0.487 e. The minimum atomic E-state index is -0.228. The fourth-order valence-corrected chi connectivity index (χ4v) is 2.73. The van der Waals surface area contributed by atoms with Crippen LogP contribution in [0.4, 0.5) is 5.69 Å². The molecule has 0 fully saturated rings. The number of hydrogen-bond acceptors (Lipinski definition) is 5. The first-order valence-corrected chi connectivity index (χ1v) is 8.31. The average Bonchev–Trinajstić information content (AvgIpc) is 3.00. The van der Waals surface area contributed by atoms with Crippen molar-refractivity contribution >= 4 is 34.9 Å². The summed E-state index contributed by atoms with van der Waals surface area (Å²) in [4.78, 5) is 12.2. The zero-order valence-electron chi connectivity index (χ0n) is 12.8. The van der Waals surface area contributed by atoms with Crippen molar-refractivity contribution in [2.75, 3.05) is 5.32 Å². The molecule has 3 aromatic rings. The molecule has 0 aliphatic rings. The highest BCUT2D eigenvalue weighted by Crippen LogP contribution is 2.22. The van der Waals surface area contributed by atoms with E-state index in [0.717, 1.165) is 11.4 Å². The van der Waals surface area contributed by atoms with Gasteiger partial charge in [-0.05, 0) is 43.3 Å². The molecule has 0 radical (unpaired) electrons. The van der Waals surface area contributed by atoms with Crippen LogP contribution < -0.4 is 10.1 Å². The van der Waals surface area contributed by atoms with Gasteiger partial charge in [0.05, 0.1) is 28.1 Å².